The maximum absolute atomic E-state index is 6.38. The molecule has 2 aromatic carbocycles. The van der Waals surface area contributed by atoms with Gasteiger partial charge in [-0.15, -0.1) is 0 Å². The van der Waals surface area contributed by atoms with Gasteiger partial charge >= 0.3 is 0 Å². The van der Waals surface area contributed by atoms with Crippen LogP contribution < -0.4 is 5.73 Å². The van der Waals surface area contributed by atoms with Crippen LogP contribution in [0.3, 0.4) is 0 Å². The zero-order valence-electron chi connectivity index (χ0n) is 11.7. The molecule has 1 atom stereocenters. The minimum atomic E-state index is 0.0405. The van der Waals surface area contributed by atoms with Crippen LogP contribution in [-0.4, -0.2) is 0 Å². The van der Waals surface area contributed by atoms with Gasteiger partial charge in [-0.2, -0.15) is 0 Å². The van der Waals surface area contributed by atoms with Gasteiger partial charge in [0.1, 0.15) is 0 Å². The van der Waals surface area contributed by atoms with Crippen molar-refractivity contribution < 1.29 is 0 Å². The molecule has 0 aliphatic rings. The fourth-order valence-electron chi connectivity index (χ4n) is 2.58. The van der Waals surface area contributed by atoms with Crippen molar-refractivity contribution in [2.24, 2.45) is 5.73 Å². The second-order valence-electron chi connectivity index (χ2n) is 5.26. The molecule has 1 nitrogen and oxygen atoms in total. The van der Waals surface area contributed by atoms with E-state index in [-0.39, 0.29) is 6.04 Å². The minimum absolute atomic E-state index is 0.0405. The Labute approximate surface area is 124 Å². The Bertz CT molecular complexity index is 570. The molecule has 0 spiro atoms. The highest BCUT2D eigenvalue weighted by molar-refractivity contribution is 9.10. The molecule has 0 aliphatic carbocycles. The number of rotatable bonds is 3. The van der Waals surface area contributed by atoms with E-state index >= 15 is 0 Å². The molecular formula is C17H20BrN. The summed E-state index contributed by atoms with van der Waals surface area (Å²) < 4.78 is 1.13. The Hall–Kier alpha value is -1.12. The van der Waals surface area contributed by atoms with E-state index in [1.807, 2.05) is 6.07 Å². The van der Waals surface area contributed by atoms with Crippen LogP contribution in [0.15, 0.2) is 40.9 Å². The lowest BCUT2D eigenvalue weighted by Crippen LogP contribution is -2.15. The van der Waals surface area contributed by atoms with Gasteiger partial charge in [0.15, 0.2) is 0 Å². The molecule has 2 rings (SSSR count). The molecule has 0 bridgehead atoms. The maximum atomic E-state index is 6.38. The van der Waals surface area contributed by atoms with E-state index in [1.165, 1.54) is 27.8 Å². The summed E-state index contributed by atoms with van der Waals surface area (Å²) >= 11 is 3.57. The Morgan fingerprint density at radius 3 is 2.32 bits per heavy atom. The third kappa shape index (κ3) is 3.46. The lowest BCUT2D eigenvalue weighted by atomic mass is 9.94. The van der Waals surface area contributed by atoms with Gasteiger partial charge in [-0.1, -0.05) is 57.4 Å². The molecule has 0 saturated carbocycles. The molecule has 0 amide bonds. The van der Waals surface area contributed by atoms with Crippen molar-refractivity contribution in [3.63, 3.8) is 0 Å². The number of nitrogens with two attached hydrogens (primary N) is 1. The summed E-state index contributed by atoms with van der Waals surface area (Å²) in [5.74, 6) is 0. The number of halogens is 1. The van der Waals surface area contributed by atoms with E-state index in [2.05, 4.69) is 67.0 Å². The van der Waals surface area contributed by atoms with Gasteiger partial charge in [-0.05, 0) is 49.9 Å². The van der Waals surface area contributed by atoms with E-state index < -0.39 is 0 Å². The van der Waals surface area contributed by atoms with Crippen LogP contribution in [0.4, 0.5) is 0 Å². The van der Waals surface area contributed by atoms with Crippen LogP contribution in [0.2, 0.25) is 0 Å². The Kier molecular flexibility index (Phi) is 4.43. The molecule has 0 fully saturated rings. The first-order valence-electron chi connectivity index (χ1n) is 6.55. The minimum Gasteiger partial charge on any atom is -0.324 e. The van der Waals surface area contributed by atoms with Gasteiger partial charge < -0.3 is 5.73 Å². The van der Waals surface area contributed by atoms with Gasteiger partial charge in [-0.3, -0.25) is 0 Å². The third-order valence-corrected chi connectivity index (χ3v) is 4.31. The maximum Gasteiger partial charge on any atom is 0.0338 e. The predicted octanol–water partition coefficient (Wildman–Crippen LogP) is 4.62. The fourth-order valence-corrected chi connectivity index (χ4v) is 2.96. The van der Waals surface area contributed by atoms with Crippen LogP contribution in [0.5, 0.6) is 0 Å². The summed E-state index contributed by atoms with van der Waals surface area (Å²) in [5.41, 5.74) is 12.7. The van der Waals surface area contributed by atoms with Crippen LogP contribution in [0, 0.1) is 20.8 Å². The average molecular weight is 318 g/mol. The Balaban J connectivity index is 2.25. The molecule has 0 radical (unpaired) electrons. The molecule has 2 heteroatoms. The van der Waals surface area contributed by atoms with Crippen molar-refractivity contribution in [2.75, 3.05) is 0 Å². The summed E-state index contributed by atoms with van der Waals surface area (Å²) in [6, 6.07) is 12.9. The van der Waals surface area contributed by atoms with Gasteiger partial charge in [0.2, 0.25) is 0 Å². The van der Waals surface area contributed by atoms with Gasteiger partial charge in [-0.25, -0.2) is 0 Å². The van der Waals surface area contributed by atoms with Crippen molar-refractivity contribution >= 4 is 15.9 Å². The summed E-state index contributed by atoms with van der Waals surface area (Å²) in [7, 11) is 0. The third-order valence-electron chi connectivity index (χ3n) is 3.45. The SMILES string of the molecule is Cc1cc(C)cc(CC(N)c2cccc(Br)c2C)c1. The number of aryl methyl sites for hydroxylation is 2. The van der Waals surface area contributed by atoms with Gasteiger partial charge in [0.25, 0.3) is 0 Å². The largest absolute Gasteiger partial charge is 0.324 e. The first-order valence-corrected chi connectivity index (χ1v) is 7.34. The van der Waals surface area contributed by atoms with E-state index in [9.17, 15) is 0 Å². The first kappa shape index (κ1) is 14.3. The normalized spacial score (nSPS) is 12.5. The topological polar surface area (TPSA) is 26.0 Å². The lowest BCUT2D eigenvalue weighted by Gasteiger charge is -2.16. The number of hydrogen-bond donors (Lipinski definition) is 1. The molecule has 0 aromatic heterocycles. The molecule has 2 N–H and O–H groups in total. The summed E-state index contributed by atoms with van der Waals surface area (Å²) in [5, 5.41) is 0. The standard InChI is InChI=1S/C17H20BrN/c1-11-7-12(2)9-14(8-11)10-17(19)15-5-4-6-16(18)13(15)3/h4-9,17H,10,19H2,1-3H3. The molecule has 0 saturated heterocycles. The van der Waals surface area contributed by atoms with Crippen LogP contribution in [0.25, 0.3) is 0 Å². The van der Waals surface area contributed by atoms with Gasteiger partial charge in [0.05, 0.1) is 0 Å². The summed E-state index contributed by atoms with van der Waals surface area (Å²) in [6.07, 6.45) is 0.875. The molecule has 19 heavy (non-hydrogen) atoms. The van der Waals surface area contributed by atoms with Crippen molar-refractivity contribution in [3.8, 4) is 0 Å². The second kappa shape index (κ2) is 5.89. The number of hydrogen-bond acceptors (Lipinski definition) is 1. The average Bonchev–Trinajstić information content (AvgIpc) is 2.31. The quantitative estimate of drug-likeness (QED) is 0.878. The molecule has 1 unspecified atom stereocenters. The zero-order chi connectivity index (χ0) is 14.0. The highest BCUT2D eigenvalue weighted by Crippen LogP contribution is 2.26. The zero-order valence-corrected chi connectivity index (χ0v) is 13.3. The first-order chi connectivity index (χ1) is 8.97. The highest BCUT2D eigenvalue weighted by Gasteiger charge is 2.11. The monoisotopic (exact) mass is 317 g/mol. The molecule has 0 aliphatic heterocycles. The van der Waals surface area contributed by atoms with E-state index in [0.29, 0.717) is 0 Å². The van der Waals surface area contributed by atoms with E-state index in [1.54, 1.807) is 0 Å². The van der Waals surface area contributed by atoms with Crippen LogP contribution in [0.1, 0.15) is 33.9 Å². The fraction of sp³-hybridized carbons (Fsp3) is 0.294. The van der Waals surface area contributed by atoms with Crippen LogP contribution in [-0.2, 0) is 6.42 Å². The summed E-state index contributed by atoms with van der Waals surface area (Å²) in [4.78, 5) is 0. The predicted molar refractivity (Wildman–Crippen MR) is 85.4 cm³/mol. The Morgan fingerprint density at radius 1 is 1.05 bits per heavy atom. The van der Waals surface area contributed by atoms with Crippen molar-refractivity contribution in [3.05, 3.63) is 68.7 Å². The highest BCUT2D eigenvalue weighted by atomic mass is 79.9. The van der Waals surface area contributed by atoms with Gasteiger partial charge in [0, 0.05) is 10.5 Å². The van der Waals surface area contributed by atoms with Crippen molar-refractivity contribution in [1.29, 1.82) is 0 Å². The molecule has 100 valence electrons. The molecular weight excluding hydrogens is 298 g/mol. The molecule has 2 aromatic rings. The van der Waals surface area contributed by atoms with E-state index in [0.717, 1.165) is 10.9 Å². The Morgan fingerprint density at radius 2 is 1.68 bits per heavy atom. The van der Waals surface area contributed by atoms with E-state index in [4.69, 9.17) is 5.73 Å². The second-order valence-corrected chi connectivity index (χ2v) is 6.11. The molecule has 0 heterocycles. The smallest absolute Gasteiger partial charge is 0.0338 e. The van der Waals surface area contributed by atoms with Crippen molar-refractivity contribution in [1.82, 2.24) is 0 Å². The lowest BCUT2D eigenvalue weighted by molar-refractivity contribution is 0.715. The summed E-state index contributed by atoms with van der Waals surface area (Å²) in [6.45, 7) is 6.37. The number of benzene rings is 2. The van der Waals surface area contributed by atoms with Crippen LogP contribution >= 0.6 is 15.9 Å². The van der Waals surface area contributed by atoms with Crippen molar-refractivity contribution in [2.45, 2.75) is 33.2 Å².